The quantitative estimate of drug-likeness (QED) is 0.266. The van der Waals surface area contributed by atoms with Crippen molar-refractivity contribution < 1.29 is 18.7 Å². The molecule has 3 N–H and O–H groups in total. The third-order valence-electron chi connectivity index (χ3n) is 6.83. The zero-order chi connectivity index (χ0) is 31.1. The van der Waals surface area contributed by atoms with Crippen LogP contribution in [0.5, 0.6) is 0 Å². The Kier molecular flexibility index (Phi) is 10.6. The van der Waals surface area contributed by atoms with Gasteiger partial charge in [0.25, 0.3) is 0 Å². The molecular formula is C34H45FN4O3. The summed E-state index contributed by atoms with van der Waals surface area (Å²) in [6, 6.07) is 20.5. The molecule has 0 aromatic heterocycles. The van der Waals surface area contributed by atoms with Crippen molar-refractivity contribution in [2.75, 3.05) is 28.6 Å². The molecule has 1 unspecified atom stereocenters. The van der Waals surface area contributed by atoms with Gasteiger partial charge in [-0.05, 0) is 94.1 Å². The van der Waals surface area contributed by atoms with E-state index in [0.29, 0.717) is 11.4 Å². The molecule has 0 bridgehead atoms. The van der Waals surface area contributed by atoms with E-state index in [-0.39, 0.29) is 17.8 Å². The maximum Gasteiger partial charge on any atom is 0.412 e. The van der Waals surface area contributed by atoms with Gasteiger partial charge >= 0.3 is 6.09 Å². The van der Waals surface area contributed by atoms with Gasteiger partial charge in [-0.3, -0.25) is 10.1 Å². The largest absolute Gasteiger partial charge is 0.444 e. The highest BCUT2D eigenvalue weighted by Gasteiger charge is 2.26. The van der Waals surface area contributed by atoms with Crippen molar-refractivity contribution in [1.82, 2.24) is 5.32 Å². The molecule has 3 aromatic carbocycles. The molecular weight excluding hydrogens is 531 g/mol. The van der Waals surface area contributed by atoms with Crippen LogP contribution in [0.15, 0.2) is 66.7 Å². The average Bonchev–Trinajstić information content (AvgIpc) is 3.38. The van der Waals surface area contributed by atoms with Crippen LogP contribution in [0.1, 0.15) is 67.4 Å². The third kappa shape index (κ3) is 8.96. The van der Waals surface area contributed by atoms with E-state index >= 15 is 0 Å². The van der Waals surface area contributed by atoms with Gasteiger partial charge in [-0.2, -0.15) is 0 Å². The van der Waals surface area contributed by atoms with Crippen molar-refractivity contribution in [1.29, 1.82) is 0 Å². The van der Waals surface area contributed by atoms with Gasteiger partial charge in [0.05, 0.1) is 16.9 Å². The number of nitrogens with one attached hydrogen (secondary N) is 3. The zero-order valence-electron chi connectivity index (χ0n) is 26.1. The van der Waals surface area contributed by atoms with Gasteiger partial charge in [0.2, 0.25) is 5.91 Å². The van der Waals surface area contributed by atoms with E-state index in [1.54, 1.807) is 19.1 Å². The number of hydrogen-bond acceptors (Lipinski definition) is 5. The monoisotopic (exact) mass is 576 g/mol. The van der Waals surface area contributed by atoms with E-state index in [1.807, 2.05) is 52.8 Å². The Bertz CT molecular complexity index is 1350. The molecule has 1 saturated heterocycles. The molecule has 2 amide bonds. The first kappa shape index (κ1) is 32.4. The Labute approximate surface area is 249 Å². The van der Waals surface area contributed by atoms with Crippen LogP contribution in [0.3, 0.4) is 0 Å². The second kappa shape index (κ2) is 13.7. The van der Waals surface area contributed by atoms with Gasteiger partial charge in [0.1, 0.15) is 11.4 Å². The number of carbonyl (C=O) groups is 2. The van der Waals surface area contributed by atoms with Crippen LogP contribution in [-0.2, 0) is 15.1 Å². The van der Waals surface area contributed by atoms with Gasteiger partial charge in [0, 0.05) is 31.7 Å². The van der Waals surface area contributed by atoms with Crippen LogP contribution < -0.4 is 20.9 Å². The van der Waals surface area contributed by atoms with E-state index in [1.165, 1.54) is 12.1 Å². The Morgan fingerprint density at radius 3 is 2.10 bits per heavy atom. The summed E-state index contributed by atoms with van der Waals surface area (Å²) in [7, 11) is 0. The van der Waals surface area contributed by atoms with Crippen LogP contribution in [0, 0.1) is 5.82 Å². The Balaban J connectivity index is 0.00000237. The van der Waals surface area contributed by atoms with Gasteiger partial charge in [-0.15, -0.1) is 0 Å². The van der Waals surface area contributed by atoms with Gasteiger partial charge < -0.3 is 20.3 Å². The zero-order valence-corrected chi connectivity index (χ0v) is 26.1. The number of hydrogen-bond donors (Lipinski definition) is 3. The molecule has 1 heterocycles. The second-order valence-corrected chi connectivity index (χ2v) is 11.8. The topological polar surface area (TPSA) is 82.7 Å². The summed E-state index contributed by atoms with van der Waals surface area (Å²) in [5.74, 6) is -0.298. The van der Waals surface area contributed by atoms with E-state index in [2.05, 4.69) is 59.0 Å². The highest BCUT2D eigenvalue weighted by Crippen LogP contribution is 2.35. The molecule has 0 aliphatic carbocycles. The fourth-order valence-corrected chi connectivity index (χ4v) is 4.89. The molecule has 1 aliphatic rings. The predicted octanol–water partition coefficient (Wildman–Crippen LogP) is 7.93. The fourth-order valence-electron chi connectivity index (χ4n) is 4.89. The minimum Gasteiger partial charge on any atom is -0.444 e. The van der Waals surface area contributed by atoms with Gasteiger partial charge in [0.15, 0.2) is 0 Å². The van der Waals surface area contributed by atoms with Crippen molar-refractivity contribution in [2.45, 2.75) is 79.0 Å². The molecule has 42 heavy (non-hydrogen) atoms. The molecule has 226 valence electrons. The van der Waals surface area contributed by atoms with Crippen LogP contribution >= 0.6 is 0 Å². The van der Waals surface area contributed by atoms with Gasteiger partial charge in [-0.25, -0.2) is 9.18 Å². The second-order valence-electron chi connectivity index (χ2n) is 11.8. The van der Waals surface area contributed by atoms with E-state index in [0.717, 1.165) is 41.9 Å². The fraction of sp³-hybridized carbons (Fsp3) is 0.412. The third-order valence-corrected chi connectivity index (χ3v) is 6.83. The highest BCUT2D eigenvalue weighted by molar-refractivity contribution is 5.91. The molecule has 3 aromatic rings. The van der Waals surface area contributed by atoms with Gasteiger partial charge in [-0.1, -0.05) is 44.2 Å². The number of amides is 2. The standard InChI is InChI=1S/C32H39FN4O3.C2H6/c1-21(38)34-26-17-18-37(20-26)27-14-10-24(11-15-27)32(5,6)36-29-19-23(22-7-12-25(33)13-8-22)9-16-28(29)35-30(39)40-31(2,3)4;1-2/h7-16,19,26,36H,17-18,20H2,1-6H3,(H,34,38)(H,35,39);1-2H3. The maximum absolute atomic E-state index is 13.5. The summed E-state index contributed by atoms with van der Waals surface area (Å²) in [6.45, 7) is 16.8. The lowest BCUT2D eigenvalue weighted by Gasteiger charge is -2.31. The number of carbonyl (C=O) groups excluding carboxylic acids is 2. The number of anilines is 3. The van der Waals surface area contributed by atoms with Crippen LogP contribution in [0.25, 0.3) is 11.1 Å². The van der Waals surface area contributed by atoms with E-state index < -0.39 is 17.2 Å². The summed E-state index contributed by atoms with van der Waals surface area (Å²) in [5, 5.41) is 9.48. The predicted molar refractivity (Wildman–Crippen MR) is 171 cm³/mol. The Hall–Kier alpha value is -4.07. The first-order valence-corrected chi connectivity index (χ1v) is 14.6. The molecule has 1 aliphatic heterocycles. The number of benzene rings is 3. The number of rotatable bonds is 7. The smallest absolute Gasteiger partial charge is 0.412 e. The maximum atomic E-state index is 13.5. The number of nitrogens with zero attached hydrogens (tertiary/aromatic N) is 1. The molecule has 7 nitrogen and oxygen atoms in total. The summed E-state index contributed by atoms with van der Waals surface area (Å²) in [5.41, 5.74) is 4.05. The van der Waals surface area contributed by atoms with Crippen molar-refractivity contribution >= 4 is 29.1 Å². The number of ether oxygens (including phenoxy) is 1. The molecule has 1 atom stereocenters. The van der Waals surface area contributed by atoms with E-state index in [9.17, 15) is 14.0 Å². The van der Waals surface area contributed by atoms with Crippen molar-refractivity contribution in [3.8, 4) is 11.1 Å². The van der Waals surface area contributed by atoms with E-state index in [4.69, 9.17) is 4.74 Å². The SMILES string of the molecule is CC.CC(=O)NC1CCN(c2ccc(C(C)(C)Nc3cc(-c4ccc(F)cc4)ccc3NC(=O)OC(C)(C)C)cc2)C1. The summed E-state index contributed by atoms with van der Waals surface area (Å²) in [4.78, 5) is 26.3. The normalized spacial score (nSPS) is 14.9. The van der Waals surface area contributed by atoms with Crippen molar-refractivity contribution in [3.05, 3.63) is 78.1 Å². The van der Waals surface area contributed by atoms with Crippen molar-refractivity contribution in [3.63, 3.8) is 0 Å². The molecule has 8 heteroatoms. The summed E-state index contributed by atoms with van der Waals surface area (Å²) in [6.07, 6.45) is 0.377. The van der Waals surface area contributed by atoms with Crippen molar-refractivity contribution in [2.24, 2.45) is 0 Å². The lowest BCUT2D eigenvalue weighted by Crippen LogP contribution is -2.35. The lowest BCUT2D eigenvalue weighted by atomic mass is 9.93. The molecule has 0 spiro atoms. The van der Waals surface area contributed by atoms with Crippen LogP contribution in [-0.4, -0.2) is 36.7 Å². The average molecular weight is 577 g/mol. The highest BCUT2D eigenvalue weighted by atomic mass is 19.1. The van der Waals surface area contributed by atoms with Crippen LogP contribution in [0.2, 0.25) is 0 Å². The number of halogens is 1. The minimum atomic E-state index is -0.635. The molecule has 0 saturated carbocycles. The summed E-state index contributed by atoms with van der Waals surface area (Å²) >= 11 is 0. The molecule has 4 rings (SSSR count). The Morgan fingerprint density at radius 2 is 1.50 bits per heavy atom. The van der Waals surface area contributed by atoms with Crippen LogP contribution in [0.4, 0.5) is 26.2 Å². The first-order chi connectivity index (χ1) is 19.8. The minimum absolute atomic E-state index is 0.000882. The molecule has 1 fully saturated rings. The molecule has 0 radical (unpaired) electrons. The first-order valence-electron chi connectivity index (χ1n) is 14.6. The Morgan fingerprint density at radius 1 is 0.881 bits per heavy atom. The summed E-state index contributed by atoms with van der Waals surface area (Å²) < 4.78 is 19.0. The lowest BCUT2D eigenvalue weighted by molar-refractivity contribution is -0.119.